The van der Waals surface area contributed by atoms with Gasteiger partial charge in [-0.15, -0.1) is 0 Å². The van der Waals surface area contributed by atoms with Crippen molar-refractivity contribution in [3.05, 3.63) is 0 Å². The zero-order valence-corrected chi connectivity index (χ0v) is 12.7. The van der Waals surface area contributed by atoms with Gasteiger partial charge >= 0.3 is 0 Å². The molecule has 5 nitrogen and oxygen atoms in total. The predicted molar refractivity (Wildman–Crippen MR) is 79.8 cm³/mol. The van der Waals surface area contributed by atoms with Crippen LogP contribution in [0.3, 0.4) is 0 Å². The molecule has 0 aliphatic carbocycles. The molecular weight excluding hydrogens is 242 g/mol. The molecule has 0 bridgehead atoms. The van der Waals surface area contributed by atoms with Gasteiger partial charge in [0.05, 0.1) is 13.2 Å². The van der Waals surface area contributed by atoms with Gasteiger partial charge in [0.15, 0.2) is 0 Å². The van der Waals surface area contributed by atoms with E-state index in [0.717, 1.165) is 78.5 Å². The summed E-state index contributed by atoms with van der Waals surface area (Å²) < 4.78 is 10.9. The van der Waals surface area contributed by atoms with Crippen molar-refractivity contribution in [2.24, 2.45) is 0 Å². The lowest BCUT2D eigenvalue weighted by molar-refractivity contribution is 0.129. The van der Waals surface area contributed by atoms with Gasteiger partial charge in [0.2, 0.25) is 0 Å². The molecule has 0 unspecified atom stereocenters. The van der Waals surface area contributed by atoms with Crippen molar-refractivity contribution in [3.63, 3.8) is 0 Å². The van der Waals surface area contributed by atoms with E-state index in [9.17, 15) is 0 Å². The lowest BCUT2D eigenvalue weighted by Gasteiger charge is -2.06. The van der Waals surface area contributed by atoms with Crippen LogP contribution in [0, 0.1) is 0 Å². The Morgan fingerprint density at radius 1 is 0.737 bits per heavy atom. The molecule has 0 spiro atoms. The summed E-state index contributed by atoms with van der Waals surface area (Å²) in [5.74, 6) is 0. The fourth-order valence-electron chi connectivity index (χ4n) is 1.51. The van der Waals surface area contributed by atoms with Crippen molar-refractivity contribution in [2.75, 3.05) is 65.7 Å². The van der Waals surface area contributed by atoms with Crippen molar-refractivity contribution in [2.45, 2.75) is 26.7 Å². The van der Waals surface area contributed by atoms with Crippen LogP contribution in [0.25, 0.3) is 0 Å². The Kier molecular flexibility index (Phi) is 17.6. The van der Waals surface area contributed by atoms with Gasteiger partial charge in [-0.2, -0.15) is 0 Å². The van der Waals surface area contributed by atoms with Crippen molar-refractivity contribution in [3.8, 4) is 0 Å². The number of ether oxygens (including phenoxy) is 2. The second-order valence-electron chi connectivity index (χ2n) is 4.31. The lowest BCUT2D eigenvalue weighted by Crippen LogP contribution is -2.20. The molecule has 0 fully saturated rings. The van der Waals surface area contributed by atoms with Crippen LogP contribution in [-0.4, -0.2) is 65.7 Å². The zero-order valence-electron chi connectivity index (χ0n) is 12.7. The van der Waals surface area contributed by atoms with Crippen LogP contribution < -0.4 is 16.0 Å². The van der Waals surface area contributed by atoms with E-state index >= 15 is 0 Å². The maximum Gasteiger partial charge on any atom is 0.0590 e. The molecule has 0 saturated carbocycles. The summed E-state index contributed by atoms with van der Waals surface area (Å²) in [5.41, 5.74) is 0. The minimum atomic E-state index is 0.799. The van der Waals surface area contributed by atoms with Gasteiger partial charge in [0.1, 0.15) is 0 Å². The minimum Gasteiger partial charge on any atom is -0.380 e. The molecule has 1 radical (unpaired) electrons. The van der Waals surface area contributed by atoms with E-state index in [4.69, 9.17) is 9.47 Å². The third-order valence-corrected chi connectivity index (χ3v) is 2.56. The van der Waals surface area contributed by atoms with Crippen molar-refractivity contribution in [1.29, 1.82) is 0 Å². The topological polar surface area (TPSA) is 56.6 Å². The Balaban J connectivity index is 2.88. The summed E-state index contributed by atoms with van der Waals surface area (Å²) in [5, 5.41) is 10.9. The smallest absolute Gasteiger partial charge is 0.0590 e. The quantitative estimate of drug-likeness (QED) is 0.405. The Hall–Kier alpha value is -0.200. The van der Waals surface area contributed by atoms with Crippen LogP contribution >= 0.6 is 0 Å². The Morgan fingerprint density at radius 2 is 1.21 bits per heavy atom. The fraction of sp³-hybridized carbons (Fsp3) is 1.00. The summed E-state index contributed by atoms with van der Waals surface area (Å²) in [6.45, 7) is 13.1. The van der Waals surface area contributed by atoms with E-state index in [1.807, 2.05) is 0 Å². The lowest BCUT2D eigenvalue weighted by atomic mass is 10.4. The number of likely N-dealkylation sites (N-methyl/N-ethyl adjacent to an activating group) is 2. The highest BCUT2D eigenvalue weighted by atomic mass is 16.5. The first-order chi connectivity index (χ1) is 9.41. The van der Waals surface area contributed by atoms with Crippen LogP contribution in [0.4, 0.5) is 0 Å². The van der Waals surface area contributed by atoms with Gasteiger partial charge in [0.25, 0.3) is 0 Å². The molecule has 2 N–H and O–H groups in total. The summed E-state index contributed by atoms with van der Waals surface area (Å²) in [6.07, 6.45) is 2.04. The molecule has 19 heavy (non-hydrogen) atoms. The summed E-state index contributed by atoms with van der Waals surface area (Å²) >= 11 is 0. The van der Waals surface area contributed by atoms with Crippen LogP contribution in [-0.2, 0) is 9.47 Å². The highest BCUT2D eigenvalue weighted by molar-refractivity contribution is 4.48. The third kappa shape index (κ3) is 17.8. The molecule has 0 aromatic heterocycles. The Morgan fingerprint density at radius 3 is 1.63 bits per heavy atom. The average molecular weight is 274 g/mol. The van der Waals surface area contributed by atoms with Gasteiger partial charge in [-0.05, 0) is 25.9 Å². The van der Waals surface area contributed by atoms with Crippen LogP contribution in [0.2, 0.25) is 0 Å². The van der Waals surface area contributed by atoms with Gasteiger partial charge in [-0.3, -0.25) is 0 Å². The highest BCUT2D eigenvalue weighted by Crippen LogP contribution is 1.85. The zero-order chi connectivity index (χ0) is 14.0. The number of nitrogens with one attached hydrogen (secondary N) is 2. The predicted octanol–water partition coefficient (Wildman–Crippen LogP) is 0.623. The van der Waals surface area contributed by atoms with Gasteiger partial charge in [0, 0.05) is 39.4 Å². The molecule has 0 aromatic rings. The molecule has 0 saturated heterocycles. The fourth-order valence-corrected chi connectivity index (χ4v) is 1.51. The summed E-state index contributed by atoms with van der Waals surface area (Å²) in [6, 6.07) is 0. The van der Waals surface area contributed by atoms with E-state index in [2.05, 4.69) is 29.8 Å². The van der Waals surface area contributed by atoms with Crippen LogP contribution in [0.1, 0.15) is 26.7 Å². The summed E-state index contributed by atoms with van der Waals surface area (Å²) in [4.78, 5) is 0. The van der Waals surface area contributed by atoms with Gasteiger partial charge < -0.3 is 20.1 Å². The molecule has 0 aliphatic rings. The SMILES string of the molecule is CCNCCOCCC[N]CCCOCCNCC. The molecule has 0 aliphatic heterocycles. The van der Waals surface area contributed by atoms with E-state index in [1.54, 1.807) is 0 Å². The number of rotatable bonds is 16. The second-order valence-corrected chi connectivity index (χ2v) is 4.31. The molecule has 0 atom stereocenters. The number of nitrogens with zero attached hydrogens (tertiary/aromatic N) is 1. The Bertz CT molecular complexity index is 144. The molecule has 5 heteroatoms. The molecule has 0 aromatic carbocycles. The van der Waals surface area contributed by atoms with Gasteiger partial charge in [-0.1, -0.05) is 13.8 Å². The molecule has 0 amide bonds. The van der Waals surface area contributed by atoms with Gasteiger partial charge in [-0.25, -0.2) is 5.32 Å². The molecule has 115 valence electrons. The normalized spacial score (nSPS) is 11.1. The van der Waals surface area contributed by atoms with Crippen LogP contribution in [0.15, 0.2) is 0 Å². The second kappa shape index (κ2) is 17.8. The first kappa shape index (κ1) is 18.8. The number of hydrogen-bond acceptors (Lipinski definition) is 4. The standard InChI is InChI=1S/C14H32N3O2/c1-3-15-9-13-18-11-5-7-17-8-6-12-19-14-10-16-4-2/h15-16H,3-14H2,1-2H3. The third-order valence-electron chi connectivity index (χ3n) is 2.56. The molecule has 0 rings (SSSR count). The van der Waals surface area contributed by atoms with E-state index in [0.29, 0.717) is 0 Å². The molecular formula is C14H32N3O2. The maximum absolute atomic E-state index is 5.46. The highest BCUT2D eigenvalue weighted by Gasteiger charge is 1.93. The number of hydrogen-bond donors (Lipinski definition) is 2. The van der Waals surface area contributed by atoms with Crippen molar-refractivity contribution < 1.29 is 9.47 Å². The van der Waals surface area contributed by atoms with E-state index in [1.165, 1.54) is 0 Å². The van der Waals surface area contributed by atoms with E-state index < -0.39 is 0 Å². The average Bonchev–Trinajstić information content (AvgIpc) is 2.43. The van der Waals surface area contributed by atoms with Crippen molar-refractivity contribution >= 4 is 0 Å². The van der Waals surface area contributed by atoms with Crippen molar-refractivity contribution in [1.82, 2.24) is 16.0 Å². The monoisotopic (exact) mass is 274 g/mol. The minimum absolute atomic E-state index is 0.799. The maximum atomic E-state index is 5.46. The van der Waals surface area contributed by atoms with Crippen LogP contribution in [0.5, 0.6) is 0 Å². The van der Waals surface area contributed by atoms with E-state index in [-0.39, 0.29) is 0 Å². The first-order valence-electron chi connectivity index (χ1n) is 7.62. The molecule has 0 heterocycles. The Labute approximate surface area is 118 Å². The first-order valence-corrected chi connectivity index (χ1v) is 7.62. The summed E-state index contributed by atoms with van der Waals surface area (Å²) in [7, 11) is 0. The largest absolute Gasteiger partial charge is 0.380 e.